The van der Waals surface area contributed by atoms with Crippen molar-refractivity contribution in [2.24, 2.45) is 5.92 Å². The lowest BCUT2D eigenvalue weighted by Crippen LogP contribution is -2.12. The molecule has 0 amide bonds. The summed E-state index contributed by atoms with van der Waals surface area (Å²) < 4.78 is 5.97. The Hall–Kier alpha value is -2.20. The predicted octanol–water partition coefficient (Wildman–Crippen LogP) is 9.09. The van der Waals surface area contributed by atoms with Gasteiger partial charge in [-0.15, -0.1) is 0 Å². The van der Waals surface area contributed by atoms with E-state index >= 15 is 0 Å². The van der Waals surface area contributed by atoms with E-state index in [-0.39, 0.29) is 0 Å². The fourth-order valence-corrected chi connectivity index (χ4v) is 4.89. The molecular weight excluding hydrogens is 400 g/mol. The maximum Gasteiger partial charge on any atom is 0.119 e. The number of aryl methyl sites for hydroxylation is 1. The monoisotopic (exact) mass is 444 g/mol. The second kappa shape index (κ2) is 14.8. The molecule has 33 heavy (non-hydrogen) atoms. The van der Waals surface area contributed by atoms with E-state index in [0.717, 1.165) is 24.3 Å². The standard InChI is InChI=1S/C32H44O/c1-3-5-6-7-8-9-10-26-33-32-24-22-31(23-25-32)30-20-18-29(19-21-30)17-16-28-14-12-27(11-4-2)13-15-28/h12-15,22-25,29-30H,3-11,18-21,26H2,1-2H3/t29-,30-. The first-order valence-electron chi connectivity index (χ1n) is 13.6. The van der Waals surface area contributed by atoms with Gasteiger partial charge < -0.3 is 4.74 Å². The number of unbranched alkanes of at least 4 members (excludes halogenated alkanes) is 6. The van der Waals surface area contributed by atoms with Crippen molar-refractivity contribution in [1.82, 2.24) is 0 Å². The summed E-state index contributed by atoms with van der Waals surface area (Å²) in [5.74, 6) is 9.21. The summed E-state index contributed by atoms with van der Waals surface area (Å²) in [6, 6.07) is 17.7. The smallest absolute Gasteiger partial charge is 0.119 e. The van der Waals surface area contributed by atoms with Gasteiger partial charge in [0.1, 0.15) is 5.75 Å². The fourth-order valence-electron chi connectivity index (χ4n) is 4.89. The van der Waals surface area contributed by atoms with E-state index in [2.05, 4.69) is 74.2 Å². The van der Waals surface area contributed by atoms with E-state index in [1.807, 2.05) is 0 Å². The Morgan fingerprint density at radius 1 is 0.727 bits per heavy atom. The zero-order valence-electron chi connectivity index (χ0n) is 21.1. The maximum absolute atomic E-state index is 5.97. The fraction of sp³-hybridized carbons (Fsp3) is 0.562. The van der Waals surface area contributed by atoms with E-state index in [1.165, 1.54) is 88.2 Å². The lowest BCUT2D eigenvalue weighted by Gasteiger charge is -2.26. The molecule has 2 aromatic carbocycles. The molecule has 0 atom stereocenters. The lowest BCUT2D eigenvalue weighted by molar-refractivity contribution is 0.304. The normalized spacial score (nSPS) is 17.9. The molecule has 2 aromatic rings. The third-order valence-electron chi connectivity index (χ3n) is 7.01. The van der Waals surface area contributed by atoms with Crippen molar-refractivity contribution in [1.29, 1.82) is 0 Å². The summed E-state index contributed by atoms with van der Waals surface area (Å²) in [4.78, 5) is 0. The molecule has 0 N–H and O–H groups in total. The Balaban J connectivity index is 1.35. The van der Waals surface area contributed by atoms with Gasteiger partial charge >= 0.3 is 0 Å². The summed E-state index contributed by atoms with van der Waals surface area (Å²) in [5, 5.41) is 0. The highest BCUT2D eigenvalue weighted by atomic mass is 16.5. The van der Waals surface area contributed by atoms with Crippen LogP contribution in [0.1, 0.15) is 114 Å². The van der Waals surface area contributed by atoms with E-state index in [9.17, 15) is 0 Å². The maximum atomic E-state index is 5.97. The van der Waals surface area contributed by atoms with Gasteiger partial charge in [-0.3, -0.25) is 0 Å². The van der Waals surface area contributed by atoms with E-state index in [1.54, 1.807) is 0 Å². The molecule has 1 aliphatic rings. The van der Waals surface area contributed by atoms with Crippen LogP contribution < -0.4 is 4.74 Å². The van der Waals surface area contributed by atoms with Crippen molar-refractivity contribution in [3.63, 3.8) is 0 Å². The lowest BCUT2D eigenvalue weighted by atomic mass is 9.79. The van der Waals surface area contributed by atoms with Crippen LogP contribution in [0.2, 0.25) is 0 Å². The molecule has 0 saturated heterocycles. The van der Waals surface area contributed by atoms with Gasteiger partial charge in [-0.1, -0.05) is 94.9 Å². The van der Waals surface area contributed by atoms with Gasteiger partial charge in [0.15, 0.2) is 0 Å². The topological polar surface area (TPSA) is 9.23 Å². The molecule has 0 bridgehead atoms. The summed E-state index contributed by atoms with van der Waals surface area (Å²) >= 11 is 0. The van der Waals surface area contributed by atoms with Gasteiger partial charge in [0.25, 0.3) is 0 Å². The minimum atomic E-state index is 0.543. The number of rotatable bonds is 12. The van der Waals surface area contributed by atoms with Crippen LogP contribution in [0.4, 0.5) is 0 Å². The van der Waals surface area contributed by atoms with E-state index in [0.29, 0.717) is 11.8 Å². The van der Waals surface area contributed by atoms with Gasteiger partial charge in [0.05, 0.1) is 6.61 Å². The van der Waals surface area contributed by atoms with Crippen LogP contribution in [0.15, 0.2) is 48.5 Å². The van der Waals surface area contributed by atoms with Crippen LogP contribution in [0.25, 0.3) is 0 Å². The van der Waals surface area contributed by atoms with Crippen molar-refractivity contribution in [2.75, 3.05) is 6.61 Å². The largest absolute Gasteiger partial charge is 0.494 e. The second-order valence-electron chi connectivity index (χ2n) is 9.80. The number of ether oxygens (including phenoxy) is 1. The molecule has 1 heteroatoms. The first-order valence-corrected chi connectivity index (χ1v) is 13.6. The molecular formula is C32H44O. The Labute approximate surface area is 203 Å². The SMILES string of the molecule is CCCCCCCCCOc1ccc([C@H]2CC[C@H](C#Cc3ccc(CCC)cc3)CC2)cc1. The Kier molecular flexibility index (Phi) is 11.4. The average molecular weight is 445 g/mol. The third kappa shape index (κ3) is 9.29. The highest BCUT2D eigenvalue weighted by molar-refractivity contribution is 5.37. The van der Waals surface area contributed by atoms with Gasteiger partial charge in [-0.05, 0) is 79.8 Å². The Bertz CT molecular complexity index is 829. The molecule has 1 fully saturated rings. The van der Waals surface area contributed by atoms with E-state index < -0.39 is 0 Å². The molecule has 3 rings (SSSR count). The minimum absolute atomic E-state index is 0.543. The molecule has 1 aliphatic carbocycles. The van der Waals surface area contributed by atoms with Crippen LogP contribution in [-0.2, 0) is 6.42 Å². The predicted molar refractivity (Wildman–Crippen MR) is 142 cm³/mol. The highest BCUT2D eigenvalue weighted by Gasteiger charge is 2.21. The molecule has 0 unspecified atom stereocenters. The summed E-state index contributed by atoms with van der Waals surface area (Å²) in [5.41, 5.74) is 4.04. The number of hydrogen-bond donors (Lipinski definition) is 0. The van der Waals surface area contributed by atoms with Gasteiger partial charge in [0, 0.05) is 11.5 Å². The molecule has 1 nitrogen and oxygen atoms in total. The first-order chi connectivity index (χ1) is 16.3. The summed E-state index contributed by atoms with van der Waals surface area (Å²) in [6.45, 7) is 5.34. The van der Waals surface area contributed by atoms with Crippen molar-refractivity contribution in [3.8, 4) is 17.6 Å². The van der Waals surface area contributed by atoms with Crippen molar-refractivity contribution in [2.45, 2.75) is 103 Å². The zero-order valence-corrected chi connectivity index (χ0v) is 21.1. The molecule has 0 spiro atoms. The summed E-state index contributed by atoms with van der Waals surface area (Å²) in [7, 11) is 0. The van der Waals surface area contributed by atoms with E-state index in [4.69, 9.17) is 4.74 Å². The number of benzene rings is 2. The summed E-state index contributed by atoms with van der Waals surface area (Å²) in [6.07, 6.45) is 16.5. The highest BCUT2D eigenvalue weighted by Crippen LogP contribution is 2.36. The minimum Gasteiger partial charge on any atom is -0.494 e. The molecule has 0 heterocycles. The van der Waals surface area contributed by atoms with Crippen molar-refractivity contribution >= 4 is 0 Å². The molecule has 1 saturated carbocycles. The molecule has 0 radical (unpaired) electrons. The van der Waals surface area contributed by atoms with Gasteiger partial charge in [0.2, 0.25) is 0 Å². The average Bonchev–Trinajstić information content (AvgIpc) is 2.86. The van der Waals surface area contributed by atoms with Crippen molar-refractivity contribution in [3.05, 3.63) is 65.2 Å². The van der Waals surface area contributed by atoms with Crippen LogP contribution in [0.3, 0.4) is 0 Å². The molecule has 0 aliphatic heterocycles. The van der Waals surface area contributed by atoms with Crippen molar-refractivity contribution < 1.29 is 4.74 Å². The van der Waals surface area contributed by atoms with Crippen LogP contribution in [0, 0.1) is 17.8 Å². The second-order valence-corrected chi connectivity index (χ2v) is 9.80. The van der Waals surface area contributed by atoms with Crippen LogP contribution in [0.5, 0.6) is 5.75 Å². The molecule has 0 aromatic heterocycles. The molecule has 178 valence electrons. The van der Waals surface area contributed by atoms with Crippen LogP contribution >= 0.6 is 0 Å². The zero-order chi connectivity index (χ0) is 23.1. The van der Waals surface area contributed by atoms with Crippen LogP contribution in [-0.4, -0.2) is 6.61 Å². The quantitative estimate of drug-likeness (QED) is 0.234. The third-order valence-corrected chi connectivity index (χ3v) is 7.01. The first kappa shape index (κ1) is 25.4. The van der Waals surface area contributed by atoms with Gasteiger partial charge in [-0.2, -0.15) is 0 Å². The van der Waals surface area contributed by atoms with Gasteiger partial charge in [-0.25, -0.2) is 0 Å². The number of hydrogen-bond acceptors (Lipinski definition) is 1. The Morgan fingerprint density at radius 3 is 2.06 bits per heavy atom. The Morgan fingerprint density at radius 2 is 1.39 bits per heavy atom.